The average Bonchev–Trinajstić information content (AvgIpc) is 3.23. The Labute approximate surface area is 193 Å². The zero-order chi connectivity index (χ0) is 23.1. The van der Waals surface area contributed by atoms with Crippen LogP contribution in [0.2, 0.25) is 0 Å². The van der Waals surface area contributed by atoms with E-state index in [9.17, 15) is 4.79 Å². The summed E-state index contributed by atoms with van der Waals surface area (Å²) in [6.45, 7) is 8.12. The lowest BCUT2D eigenvalue weighted by atomic mass is 10.1. The molecule has 0 spiro atoms. The highest BCUT2D eigenvalue weighted by atomic mass is 32.2. The fraction of sp³-hybridized carbons (Fsp3) is 0.375. The van der Waals surface area contributed by atoms with Gasteiger partial charge >= 0.3 is 0 Å². The molecule has 8 heteroatoms. The molecule has 2 aromatic carbocycles. The fourth-order valence-corrected chi connectivity index (χ4v) is 4.25. The molecule has 0 fully saturated rings. The Kier molecular flexibility index (Phi) is 8.16. The van der Waals surface area contributed by atoms with Gasteiger partial charge in [-0.1, -0.05) is 49.0 Å². The van der Waals surface area contributed by atoms with Crippen LogP contribution >= 0.6 is 11.8 Å². The smallest absolute Gasteiger partial charge is 0.234 e. The molecule has 3 aromatic rings. The third-order valence-corrected chi connectivity index (χ3v) is 5.89. The summed E-state index contributed by atoms with van der Waals surface area (Å²) < 4.78 is 13.5. The van der Waals surface area contributed by atoms with E-state index in [1.807, 2.05) is 60.0 Å². The van der Waals surface area contributed by atoms with Crippen molar-refractivity contribution in [1.82, 2.24) is 14.8 Å². The zero-order valence-corrected chi connectivity index (χ0v) is 20.0. The van der Waals surface area contributed by atoms with E-state index in [0.29, 0.717) is 22.5 Å². The van der Waals surface area contributed by atoms with Crippen molar-refractivity contribution in [2.45, 2.75) is 51.4 Å². The van der Waals surface area contributed by atoms with Crippen LogP contribution < -0.4 is 14.8 Å². The number of para-hydroxylation sites is 3. The summed E-state index contributed by atoms with van der Waals surface area (Å²) in [5.74, 6) is 2.17. The first-order valence-electron chi connectivity index (χ1n) is 10.7. The molecule has 1 aromatic heterocycles. The average molecular weight is 455 g/mol. The molecule has 1 unspecified atom stereocenters. The Hall–Kier alpha value is -3.00. The van der Waals surface area contributed by atoms with Gasteiger partial charge in [-0.15, -0.1) is 10.2 Å². The lowest BCUT2D eigenvalue weighted by Gasteiger charge is -2.19. The second kappa shape index (κ2) is 11.0. The van der Waals surface area contributed by atoms with Crippen molar-refractivity contribution in [3.8, 4) is 11.5 Å². The number of aromatic nitrogens is 3. The lowest BCUT2D eigenvalue weighted by molar-refractivity contribution is -0.113. The Balaban J connectivity index is 1.71. The van der Waals surface area contributed by atoms with Crippen LogP contribution in [0, 0.1) is 0 Å². The third-order valence-electron chi connectivity index (χ3n) is 4.95. The number of benzene rings is 2. The van der Waals surface area contributed by atoms with E-state index in [-0.39, 0.29) is 23.8 Å². The molecule has 0 aliphatic carbocycles. The van der Waals surface area contributed by atoms with Gasteiger partial charge in [-0.3, -0.25) is 4.79 Å². The monoisotopic (exact) mass is 454 g/mol. The standard InChI is InChI=1S/C24H30N4O3S/c1-6-18-11-7-8-12-19(18)25-22(29)15-32-24-27-26-23(28(24)16(2)3)17(4)31-21-14-10-9-13-20(21)30-5/h7-14,16-17H,6,15H2,1-5H3,(H,25,29). The van der Waals surface area contributed by atoms with Gasteiger partial charge in [0.2, 0.25) is 5.91 Å². The molecule has 0 aliphatic heterocycles. The Morgan fingerprint density at radius 1 is 1.06 bits per heavy atom. The van der Waals surface area contributed by atoms with Crippen LogP contribution in [0.15, 0.2) is 53.7 Å². The van der Waals surface area contributed by atoms with Crippen LogP contribution in [0.3, 0.4) is 0 Å². The number of nitrogens with one attached hydrogen (secondary N) is 1. The Bertz CT molecular complexity index is 1050. The normalized spacial score (nSPS) is 11.9. The number of nitrogens with zero attached hydrogens (tertiary/aromatic N) is 3. The number of hydrogen-bond acceptors (Lipinski definition) is 6. The van der Waals surface area contributed by atoms with Crippen molar-refractivity contribution in [2.24, 2.45) is 0 Å². The van der Waals surface area contributed by atoms with E-state index < -0.39 is 0 Å². The number of carbonyl (C=O) groups is 1. The SMILES string of the molecule is CCc1ccccc1NC(=O)CSc1nnc(C(C)Oc2ccccc2OC)n1C(C)C. The number of anilines is 1. The second-order valence-corrected chi connectivity index (χ2v) is 8.51. The summed E-state index contributed by atoms with van der Waals surface area (Å²) in [4.78, 5) is 12.6. The van der Waals surface area contributed by atoms with Crippen LogP contribution in [0.1, 0.15) is 51.2 Å². The number of hydrogen-bond donors (Lipinski definition) is 1. The summed E-state index contributed by atoms with van der Waals surface area (Å²) in [6.07, 6.45) is 0.513. The summed E-state index contributed by atoms with van der Waals surface area (Å²) in [5.41, 5.74) is 1.96. The number of rotatable bonds is 10. The molecule has 7 nitrogen and oxygen atoms in total. The lowest BCUT2D eigenvalue weighted by Crippen LogP contribution is -2.17. The number of methoxy groups -OCH3 is 1. The highest BCUT2D eigenvalue weighted by Crippen LogP contribution is 2.32. The van der Waals surface area contributed by atoms with E-state index in [1.54, 1.807) is 7.11 Å². The maximum absolute atomic E-state index is 12.6. The van der Waals surface area contributed by atoms with Crippen LogP contribution in [0.25, 0.3) is 0 Å². The van der Waals surface area contributed by atoms with Crippen molar-refractivity contribution in [3.63, 3.8) is 0 Å². The van der Waals surface area contributed by atoms with E-state index in [1.165, 1.54) is 11.8 Å². The van der Waals surface area contributed by atoms with Crippen molar-refractivity contribution in [3.05, 3.63) is 59.9 Å². The number of carbonyl (C=O) groups excluding carboxylic acids is 1. The van der Waals surface area contributed by atoms with Crippen LogP contribution in [-0.4, -0.2) is 33.5 Å². The first-order chi connectivity index (χ1) is 15.4. The molecule has 1 N–H and O–H groups in total. The molecule has 0 radical (unpaired) electrons. The molecule has 0 saturated heterocycles. The van der Waals surface area contributed by atoms with Gasteiger partial charge in [0.25, 0.3) is 0 Å². The van der Waals surface area contributed by atoms with Gasteiger partial charge in [-0.2, -0.15) is 0 Å². The maximum Gasteiger partial charge on any atom is 0.234 e. The molecule has 0 bridgehead atoms. The molecular weight excluding hydrogens is 424 g/mol. The van der Waals surface area contributed by atoms with Crippen molar-refractivity contribution < 1.29 is 14.3 Å². The molecule has 1 heterocycles. The van der Waals surface area contributed by atoms with Gasteiger partial charge in [0.15, 0.2) is 28.6 Å². The zero-order valence-electron chi connectivity index (χ0n) is 19.2. The Morgan fingerprint density at radius 2 is 1.75 bits per heavy atom. The van der Waals surface area contributed by atoms with Gasteiger partial charge in [0, 0.05) is 11.7 Å². The predicted molar refractivity (Wildman–Crippen MR) is 128 cm³/mol. The van der Waals surface area contributed by atoms with Gasteiger partial charge in [-0.25, -0.2) is 0 Å². The highest BCUT2D eigenvalue weighted by Gasteiger charge is 2.23. The van der Waals surface area contributed by atoms with Crippen LogP contribution in [-0.2, 0) is 11.2 Å². The summed E-state index contributed by atoms with van der Waals surface area (Å²) in [5, 5.41) is 12.4. The predicted octanol–water partition coefficient (Wildman–Crippen LogP) is 5.30. The van der Waals surface area contributed by atoms with E-state index in [2.05, 4.69) is 36.3 Å². The van der Waals surface area contributed by atoms with Gasteiger partial charge in [0.05, 0.1) is 12.9 Å². The van der Waals surface area contributed by atoms with Crippen molar-refractivity contribution >= 4 is 23.4 Å². The topological polar surface area (TPSA) is 78.3 Å². The number of thioether (sulfide) groups is 1. The largest absolute Gasteiger partial charge is 0.493 e. The van der Waals surface area contributed by atoms with Gasteiger partial charge in [-0.05, 0) is 51.0 Å². The summed E-state index contributed by atoms with van der Waals surface area (Å²) in [6, 6.07) is 15.5. The third kappa shape index (κ3) is 5.62. The highest BCUT2D eigenvalue weighted by molar-refractivity contribution is 7.99. The van der Waals surface area contributed by atoms with Crippen molar-refractivity contribution in [2.75, 3.05) is 18.2 Å². The molecule has 3 rings (SSSR count). The van der Waals surface area contributed by atoms with Crippen molar-refractivity contribution in [1.29, 1.82) is 0 Å². The molecule has 32 heavy (non-hydrogen) atoms. The van der Waals surface area contributed by atoms with E-state index in [0.717, 1.165) is 17.7 Å². The van der Waals surface area contributed by atoms with Crippen LogP contribution in [0.4, 0.5) is 5.69 Å². The fourth-order valence-electron chi connectivity index (χ4n) is 3.38. The van der Waals surface area contributed by atoms with E-state index in [4.69, 9.17) is 9.47 Å². The summed E-state index contributed by atoms with van der Waals surface area (Å²) in [7, 11) is 1.61. The number of amides is 1. The molecule has 1 amide bonds. The van der Waals surface area contributed by atoms with Crippen LogP contribution in [0.5, 0.6) is 11.5 Å². The first-order valence-corrected chi connectivity index (χ1v) is 11.7. The minimum Gasteiger partial charge on any atom is -0.493 e. The second-order valence-electron chi connectivity index (χ2n) is 7.56. The van der Waals surface area contributed by atoms with E-state index >= 15 is 0 Å². The number of ether oxygens (including phenoxy) is 2. The summed E-state index contributed by atoms with van der Waals surface area (Å²) >= 11 is 1.37. The van der Waals surface area contributed by atoms with Gasteiger partial charge < -0.3 is 19.4 Å². The Morgan fingerprint density at radius 3 is 2.44 bits per heavy atom. The van der Waals surface area contributed by atoms with Gasteiger partial charge in [0.1, 0.15) is 0 Å². The first kappa shape index (κ1) is 23.7. The quantitative estimate of drug-likeness (QED) is 0.419. The minimum absolute atomic E-state index is 0.0749. The molecular formula is C24H30N4O3S. The molecule has 1 atom stereocenters. The maximum atomic E-state index is 12.6. The minimum atomic E-state index is -0.346. The number of aryl methyl sites for hydroxylation is 1. The molecule has 0 saturated carbocycles. The molecule has 170 valence electrons. The molecule has 0 aliphatic rings.